The minimum Gasteiger partial charge on any atom is -0.497 e. The fourth-order valence-electron chi connectivity index (χ4n) is 3.24. The van der Waals surface area contributed by atoms with Gasteiger partial charge >= 0.3 is 0 Å². The molecular weight excluding hydrogens is 462 g/mol. The summed E-state index contributed by atoms with van der Waals surface area (Å²) in [5.41, 5.74) is 0.535. The van der Waals surface area contributed by atoms with Gasteiger partial charge < -0.3 is 14.4 Å². The molecule has 3 rings (SSSR count). The molecule has 3 aromatic rings. The van der Waals surface area contributed by atoms with Gasteiger partial charge in [0.2, 0.25) is 0 Å². The second-order valence-corrected chi connectivity index (χ2v) is 8.93. The number of non-ortho nitro benzene ring substituents is 1. The molecule has 3 aromatic carbocycles. The Hall–Kier alpha value is -4.12. The Morgan fingerprint density at radius 3 is 2.44 bits per heavy atom. The number of hydrogen-bond acceptors (Lipinski definition) is 7. The second-order valence-electron chi connectivity index (χ2n) is 7.24. The fourth-order valence-corrected chi connectivity index (χ4v) is 4.36. The molecule has 0 fully saturated rings. The van der Waals surface area contributed by atoms with Crippen LogP contribution in [0.5, 0.6) is 11.5 Å². The predicted octanol–water partition coefficient (Wildman–Crippen LogP) is 3.69. The maximum absolute atomic E-state index is 13.2. The van der Waals surface area contributed by atoms with E-state index in [9.17, 15) is 23.3 Å². The number of carbonyl (C=O) groups is 1. The molecular formula is C23H23N3O7S. The molecule has 0 atom stereocenters. The third kappa shape index (κ3) is 5.44. The van der Waals surface area contributed by atoms with Crippen LogP contribution in [0.3, 0.4) is 0 Å². The van der Waals surface area contributed by atoms with Crippen molar-refractivity contribution >= 4 is 27.3 Å². The largest absolute Gasteiger partial charge is 0.497 e. The van der Waals surface area contributed by atoms with Crippen LogP contribution in [0.15, 0.2) is 71.6 Å². The number of sulfonamides is 1. The lowest BCUT2D eigenvalue weighted by Gasteiger charge is -2.21. The SMILES string of the molecule is COc1ccc(CN(C)C(=O)c2ccccc2NS(=O)(=O)c2cccc([N+](=O)[O-])c2)c(OC)c1. The van der Waals surface area contributed by atoms with Gasteiger partial charge in [0.05, 0.1) is 35.3 Å². The lowest BCUT2D eigenvalue weighted by molar-refractivity contribution is -0.385. The third-order valence-electron chi connectivity index (χ3n) is 4.99. The molecule has 0 heterocycles. The number of methoxy groups -OCH3 is 2. The van der Waals surface area contributed by atoms with Gasteiger partial charge in [-0.1, -0.05) is 18.2 Å². The smallest absolute Gasteiger partial charge is 0.270 e. The van der Waals surface area contributed by atoms with Gasteiger partial charge in [-0.2, -0.15) is 0 Å². The van der Waals surface area contributed by atoms with Gasteiger partial charge in [0.1, 0.15) is 11.5 Å². The highest BCUT2D eigenvalue weighted by Gasteiger charge is 2.22. The molecule has 0 aliphatic heterocycles. The number of benzene rings is 3. The summed E-state index contributed by atoms with van der Waals surface area (Å²) < 4.78 is 38.7. The van der Waals surface area contributed by atoms with Crippen LogP contribution in [-0.2, 0) is 16.6 Å². The van der Waals surface area contributed by atoms with Crippen LogP contribution in [0.25, 0.3) is 0 Å². The molecule has 0 aliphatic rings. The maximum Gasteiger partial charge on any atom is 0.270 e. The molecule has 0 unspecified atom stereocenters. The number of anilines is 1. The second kappa shape index (κ2) is 10.2. The van der Waals surface area contributed by atoms with Crippen LogP contribution < -0.4 is 14.2 Å². The topological polar surface area (TPSA) is 128 Å². The Morgan fingerprint density at radius 2 is 1.76 bits per heavy atom. The molecule has 1 amide bonds. The first kappa shape index (κ1) is 24.5. The van der Waals surface area contributed by atoms with Crippen molar-refractivity contribution < 1.29 is 27.6 Å². The van der Waals surface area contributed by atoms with Gasteiger partial charge in [-0.05, 0) is 30.3 Å². The van der Waals surface area contributed by atoms with Gasteiger partial charge in [-0.3, -0.25) is 19.6 Å². The minimum atomic E-state index is -4.19. The normalized spacial score (nSPS) is 10.9. The van der Waals surface area contributed by atoms with Crippen LogP contribution in [0.4, 0.5) is 11.4 Å². The van der Waals surface area contributed by atoms with Crippen molar-refractivity contribution in [3.05, 3.63) is 88.0 Å². The quantitative estimate of drug-likeness (QED) is 0.362. The standard InChI is InChI=1S/C23H23N3O7S/c1-25(15-16-11-12-18(32-2)14-22(16)33-3)23(27)20-9-4-5-10-21(20)24-34(30,31)19-8-6-7-17(13-19)26(28)29/h4-14,24H,15H2,1-3H3. The number of nitro benzene ring substituents is 1. The minimum absolute atomic E-state index is 0.0487. The van der Waals surface area contributed by atoms with Gasteiger partial charge in [0.15, 0.2) is 0 Å². The van der Waals surface area contributed by atoms with Gasteiger partial charge in [0.25, 0.3) is 21.6 Å². The summed E-state index contributed by atoms with van der Waals surface area (Å²) >= 11 is 0. The predicted molar refractivity (Wildman–Crippen MR) is 126 cm³/mol. The number of carbonyl (C=O) groups excluding carboxylic acids is 1. The summed E-state index contributed by atoms with van der Waals surface area (Å²) in [6.45, 7) is 0.192. The van der Waals surface area contributed by atoms with Crippen molar-refractivity contribution in [1.82, 2.24) is 4.90 Å². The van der Waals surface area contributed by atoms with E-state index in [1.54, 1.807) is 37.4 Å². The monoisotopic (exact) mass is 485 g/mol. The number of hydrogen-bond donors (Lipinski definition) is 1. The van der Waals surface area contributed by atoms with Crippen molar-refractivity contribution in [2.24, 2.45) is 0 Å². The zero-order valence-corrected chi connectivity index (χ0v) is 19.5. The zero-order valence-electron chi connectivity index (χ0n) is 18.7. The van der Waals surface area contributed by atoms with E-state index in [1.165, 1.54) is 49.5 Å². The highest BCUT2D eigenvalue weighted by Crippen LogP contribution is 2.27. The van der Waals surface area contributed by atoms with Crippen LogP contribution in [-0.4, -0.2) is 45.4 Å². The van der Waals surface area contributed by atoms with Crippen molar-refractivity contribution in [2.75, 3.05) is 26.0 Å². The summed E-state index contributed by atoms with van der Waals surface area (Å²) in [6.07, 6.45) is 0. The Labute approximate surface area is 196 Å². The van der Waals surface area contributed by atoms with E-state index in [1.807, 2.05) is 0 Å². The average molecular weight is 486 g/mol. The number of para-hydroxylation sites is 1. The molecule has 1 N–H and O–H groups in total. The van der Waals surface area contributed by atoms with E-state index in [0.29, 0.717) is 11.5 Å². The highest BCUT2D eigenvalue weighted by molar-refractivity contribution is 7.92. The Morgan fingerprint density at radius 1 is 1.03 bits per heavy atom. The van der Waals surface area contributed by atoms with E-state index in [4.69, 9.17) is 9.47 Å². The lowest BCUT2D eigenvalue weighted by Crippen LogP contribution is -2.27. The Balaban J connectivity index is 1.87. The highest BCUT2D eigenvalue weighted by atomic mass is 32.2. The molecule has 0 saturated carbocycles. The number of nitrogens with zero attached hydrogens (tertiary/aromatic N) is 2. The number of rotatable bonds is 9. The van der Waals surface area contributed by atoms with E-state index >= 15 is 0 Å². The van der Waals surface area contributed by atoms with Crippen LogP contribution in [0, 0.1) is 10.1 Å². The molecule has 0 aliphatic carbocycles. The Kier molecular flexibility index (Phi) is 7.37. The molecule has 0 aromatic heterocycles. The molecule has 0 bridgehead atoms. The molecule has 11 heteroatoms. The van der Waals surface area contributed by atoms with E-state index < -0.39 is 20.9 Å². The lowest BCUT2D eigenvalue weighted by atomic mass is 10.1. The van der Waals surface area contributed by atoms with Crippen molar-refractivity contribution in [2.45, 2.75) is 11.4 Å². The van der Waals surface area contributed by atoms with E-state index in [0.717, 1.165) is 11.6 Å². The first-order chi connectivity index (χ1) is 16.2. The molecule has 10 nitrogen and oxygen atoms in total. The maximum atomic E-state index is 13.2. The van der Waals surface area contributed by atoms with Gasteiger partial charge in [-0.25, -0.2) is 8.42 Å². The number of nitro groups is 1. The fraction of sp³-hybridized carbons (Fsp3) is 0.174. The number of ether oxygens (including phenoxy) is 2. The summed E-state index contributed by atoms with van der Waals surface area (Å²) in [4.78, 5) is 24.7. The van der Waals surface area contributed by atoms with E-state index in [-0.39, 0.29) is 28.4 Å². The third-order valence-corrected chi connectivity index (χ3v) is 6.35. The first-order valence-corrected chi connectivity index (χ1v) is 11.5. The molecule has 0 spiro atoms. The number of amides is 1. The van der Waals surface area contributed by atoms with Crippen molar-refractivity contribution in [1.29, 1.82) is 0 Å². The van der Waals surface area contributed by atoms with Gasteiger partial charge in [-0.15, -0.1) is 0 Å². The Bertz CT molecular complexity index is 1330. The van der Waals surface area contributed by atoms with Crippen molar-refractivity contribution in [3.8, 4) is 11.5 Å². The molecule has 34 heavy (non-hydrogen) atoms. The summed E-state index contributed by atoms with van der Waals surface area (Å²) in [5, 5.41) is 11.0. The van der Waals surface area contributed by atoms with Crippen LogP contribution >= 0.6 is 0 Å². The summed E-state index contributed by atoms with van der Waals surface area (Å²) in [7, 11) is 0.443. The number of nitrogens with one attached hydrogen (secondary N) is 1. The van der Waals surface area contributed by atoms with Crippen molar-refractivity contribution in [3.63, 3.8) is 0 Å². The summed E-state index contributed by atoms with van der Waals surface area (Å²) in [6, 6.07) is 16.0. The molecule has 0 radical (unpaired) electrons. The first-order valence-electron chi connectivity index (χ1n) is 9.99. The van der Waals surface area contributed by atoms with Gasteiger partial charge in [0, 0.05) is 37.4 Å². The van der Waals surface area contributed by atoms with Crippen LogP contribution in [0.1, 0.15) is 15.9 Å². The zero-order chi connectivity index (χ0) is 24.9. The van der Waals surface area contributed by atoms with Crippen LogP contribution in [0.2, 0.25) is 0 Å². The van der Waals surface area contributed by atoms with E-state index in [2.05, 4.69) is 4.72 Å². The summed E-state index contributed by atoms with van der Waals surface area (Å²) in [5.74, 6) is 0.712. The molecule has 178 valence electrons. The molecule has 0 saturated heterocycles. The average Bonchev–Trinajstić information content (AvgIpc) is 2.84.